The number of anilines is 1. The number of rotatable bonds is 4. The van der Waals surface area contributed by atoms with E-state index < -0.39 is 17.9 Å². The molecule has 1 fully saturated rings. The predicted octanol–water partition coefficient (Wildman–Crippen LogP) is 1.01. The molecular weight excluding hydrogens is 384 g/mol. The van der Waals surface area contributed by atoms with Crippen LogP contribution in [-0.4, -0.2) is 65.5 Å². The van der Waals surface area contributed by atoms with Gasteiger partial charge in [-0.1, -0.05) is 30.3 Å². The average Bonchev–Trinajstić information content (AvgIpc) is 2.80. The summed E-state index contributed by atoms with van der Waals surface area (Å²) in [5.74, 6) is -0.770. The molecule has 0 bridgehead atoms. The molecule has 0 radical (unpaired) electrons. The second-order valence-corrected chi connectivity index (χ2v) is 7.05. The number of esters is 1. The van der Waals surface area contributed by atoms with Gasteiger partial charge < -0.3 is 14.5 Å². The van der Waals surface area contributed by atoms with E-state index in [9.17, 15) is 9.59 Å². The second-order valence-electron chi connectivity index (χ2n) is 7.05. The Bertz CT molecular complexity index is 913. The maximum atomic E-state index is 12.9. The number of nitrogens with one attached hydrogen (secondary N) is 1. The van der Waals surface area contributed by atoms with Crippen LogP contribution in [0.25, 0.3) is 0 Å². The summed E-state index contributed by atoms with van der Waals surface area (Å²) in [4.78, 5) is 42.8. The Kier molecular flexibility index (Phi) is 5.87. The van der Waals surface area contributed by atoms with E-state index in [1.165, 1.54) is 0 Å². The zero-order chi connectivity index (χ0) is 20.9. The van der Waals surface area contributed by atoms with Crippen LogP contribution < -0.4 is 10.2 Å². The number of carbonyl (C=O) groups excluding carboxylic acids is 2. The fourth-order valence-corrected chi connectivity index (χ4v) is 3.69. The van der Waals surface area contributed by atoms with Gasteiger partial charge in [0, 0.05) is 38.6 Å². The third-order valence-corrected chi connectivity index (χ3v) is 5.19. The van der Waals surface area contributed by atoms with Gasteiger partial charge in [-0.05, 0) is 18.6 Å². The van der Waals surface area contributed by atoms with Gasteiger partial charge in [0.25, 0.3) is 0 Å². The van der Waals surface area contributed by atoms with Crippen molar-refractivity contribution < 1.29 is 14.3 Å². The first-order chi connectivity index (χ1) is 14.7. The second kappa shape index (κ2) is 8.89. The molecule has 0 saturated carbocycles. The molecule has 1 N–H and O–H groups in total. The van der Waals surface area contributed by atoms with Crippen molar-refractivity contribution in [2.45, 2.75) is 13.0 Å². The third kappa shape index (κ3) is 4.10. The maximum Gasteiger partial charge on any atom is 0.321 e. The Hall–Kier alpha value is -3.49. The molecule has 2 aromatic rings. The highest BCUT2D eigenvalue weighted by Gasteiger charge is 2.42. The Balaban J connectivity index is 1.55. The largest absolute Gasteiger partial charge is 0.465 e. The lowest BCUT2D eigenvalue weighted by Gasteiger charge is -2.38. The molecule has 2 atom stereocenters. The summed E-state index contributed by atoms with van der Waals surface area (Å²) in [5, 5.41) is 2.82. The first kappa shape index (κ1) is 19.8. The zero-order valence-electron chi connectivity index (χ0n) is 16.8. The van der Waals surface area contributed by atoms with E-state index in [-0.39, 0.29) is 12.5 Å². The van der Waals surface area contributed by atoms with Crippen molar-refractivity contribution in [3.05, 3.63) is 54.4 Å². The average molecular weight is 408 g/mol. The fourth-order valence-electron chi connectivity index (χ4n) is 3.69. The van der Waals surface area contributed by atoms with Gasteiger partial charge in [0.05, 0.1) is 6.61 Å². The number of guanidine groups is 1. The lowest BCUT2D eigenvalue weighted by atomic mass is 9.91. The third-order valence-electron chi connectivity index (χ3n) is 5.19. The Morgan fingerprint density at radius 2 is 1.73 bits per heavy atom. The number of nitrogens with zero attached hydrogens (tertiary/aromatic N) is 5. The molecule has 3 heterocycles. The molecule has 4 rings (SSSR count). The first-order valence-corrected chi connectivity index (χ1v) is 10.0. The van der Waals surface area contributed by atoms with Crippen LogP contribution in [0.5, 0.6) is 0 Å². The maximum absolute atomic E-state index is 12.9. The molecule has 0 unspecified atom stereocenters. The van der Waals surface area contributed by atoms with Crippen LogP contribution >= 0.6 is 0 Å². The highest BCUT2D eigenvalue weighted by Crippen LogP contribution is 2.31. The number of ether oxygens (including phenoxy) is 1. The van der Waals surface area contributed by atoms with Gasteiger partial charge in [-0.25, -0.2) is 15.0 Å². The number of benzene rings is 1. The molecule has 0 aliphatic carbocycles. The van der Waals surface area contributed by atoms with Gasteiger partial charge >= 0.3 is 5.97 Å². The summed E-state index contributed by atoms with van der Waals surface area (Å²) < 4.78 is 5.14. The van der Waals surface area contributed by atoms with Crippen LogP contribution in [0.4, 0.5) is 5.95 Å². The predicted molar refractivity (Wildman–Crippen MR) is 111 cm³/mol. The van der Waals surface area contributed by atoms with E-state index in [0.29, 0.717) is 38.1 Å². The minimum Gasteiger partial charge on any atom is -0.465 e. The number of amides is 1. The molecule has 2 aliphatic heterocycles. The summed E-state index contributed by atoms with van der Waals surface area (Å²) in [5.41, 5.74) is 0.805. The lowest BCUT2D eigenvalue weighted by Crippen LogP contribution is -2.57. The van der Waals surface area contributed by atoms with E-state index in [0.717, 1.165) is 5.56 Å². The Labute approximate surface area is 174 Å². The molecule has 1 saturated heterocycles. The lowest BCUT2D eigenvalue weighted by molar-refractivity contribution is -0.153. The number of hydrogen-bond donors (Lipinski definition) is 1. The first-order valence-electron chi connectivity index (χ1n) is 10.0. The molecule has 30 heavy (non-hydrogen) atoms. The fraction of sp³-hybridized carbons (Fsp3) is 0.381. The highest BCUT2D eigenvalue weighted by atomic mass is 16.5. The topological polar surface area (TPSA) is 100 Å². The summed E-state index contributed by atoms with van der Waals surface area (Å²) in [6.45, 7) is 4.66. The van der Waals surface area contributed by atoms with Crippen molar-refractivity contribution in [2.24, 2.45) is 10.9 Å². The number of aliphatic imine (C=N–C) groups is 1. The summed E-state index contributed by atoms with van der Waals surface area (Å²) in [6.07, 6.45) is 3.44. The molecule has 9 nitrogen and oxygen atoms in total. The number of piperazine rings is 1. The molecule has 1 aromatic heterocycles. The van der Waals surface area contributed by atoms with Crippen molar-refractivity contribution in [1.29, 1.82) is 0 Å². The normalized spacial score (nSPS) is 21.6. The number of hydrogen-bond acceptors (Lipinski definition) is 8. The van der Waals surface area contributed by atoms with E-state index in [2.05, 4.69) is 20.2 Å². The highest BCUT2D eigenvalue weighted by molar-refractivity contribution is 6.08. The van der Waals surface area contributed by atoms with E-state index >= 15 is 0 Å². The molecule has 2 aliphatic rings. The summed E-state index contributed by atoms with van der Waals surface area (Å²) in [6, 6.07) is 10.6. The van der Waals surface area contributed by atoms with Crippen LogP contribution in [0.2, 0.25) is 0 Å². The Morgan fingerprint density at radius 1 is 1.07 bits per heavy atom. The molecular formula is C21H24N6O3. The van der Waals surface area contributed by atoms with Gasteiger partial charge in [0.1, 0.15) is 6.04 Å². The van der Waals surface area contributed by atoms with Crippen molar-refractivity contribution in [3.8, 4) is 0 Å². The van der Waals surface area contributed by atoms with Crippen LogP contribution in [0.15, 0.2) is 53.8 Å². The van der Waals surface area contributed by atoms with E-state index in [1.54, 1.807) is 25.4 Å². The molecule has 9 heteroatoms. The van der Waals surface area contributed by atoms with Crippen molar-refractivity contribution in [2.75, 3.05) is 37.7 Å². The SMILES string of the molecule is CCOC(=O)[C@@H]1C(=O)NC(N2CCN(c3ncccn3)CC2)=N[C@@H]1c1ccccc1. The van der Waals surface area contributed by atoms with Gasteiger partial charge in [0.2, 0.25) is 17.8 Å². The van der Waals surface area contributed by atoms with Gasteiger partial charge in [-0.3, -0.25) is 14.9 Å². The molecule has 0 spiro atoms. The van der Waals surface area contributed by atoms with E-state index in [4.69, 9.17) is 9.73 Å². The summed E-state index contributed by atoms with van der Waals surface area (Å²) in [7, 11) is 0. The summed E-state index contributed by atoms with van der Waals surface area (Å²) >= 11 is 0. The van der Waals surface area contributed by atoms with Gasteiger partial charge in [-0.2, -0.15) is 0 Å². The molecule has 1 amide bonds. The monoisotopic (exact) mass is 408 g/mol. The van der Waals surface area contributed by atoms with Gasteiger partial charge in [0.15, 0.2) is 5.92 Å². The minimum absolute atomic E-state index is 0.213. The van der Waals surface area contributed by atoms with Crippen LogP contribution in [-0.2, 0) is 14.3 Å². The smallest absolute Gasteiger partial charge is 0.321 e. The van der Waals surface area contributed by atoms with Crippen LogP contribution in [0, 0.1) is 5.92 Å². The standard InChI is InChI=1S/C21H24N6O3/c1-2-30-19(29)16-17(15-7-4-3-5-8-15)24-21(25-18(16)28)27-13-11-26(12-14-27)20-22-9-6-10-23-20/h3-10,16-17H,2,11-14H2,1H3,(H,24,25,28)/t16-,17+/m0/s1. The quantitative estimate of drug-likeness (QED) is 0.595. The van der Waals surface area contributed by atoms with Crippen molar-refractivity contribution >= 4 is 23.8 Å². The zero-order valence-corrected chi connectivity index (χ0v) is 16.8. The van der Waals surface area contributed by atoms with Crippen molar-refractivity contribution in [1.82, 2.24) is 20.2 Å². The Morgan fingerprint density at radius 3 is 2.40 bits per heavy atom. The van der Waals surface area contributed by atoms with Crippen LogP contribution in [0.1, 0.15) is 18.5 Å². The molecule has 156 valence electrons. The van der Waals surface area contributed by atoms with Crippen LogP contribution in [0.3, 0.4) is 0 Å². The molecule has 1 aromatic carbocycles. The number of aromatic nitrogens is 2. The van der Waals surface area contributed by atoms with Gasteiger partial charge in [-0.15, -0.1) is 0 Å². The van der Waals surface area contributed by atoms with E-state index in [1.807, 2.05) is 35.2 Å². The minimum atomic E-state index is -1.00. The number of carbonyl (C=O) groups is 2. The van der Waals surface area contributed by atoms with Crippen molar-refractivity contribution in [3.63, 3.8) is 0 Å².